The van der Waals surface area contributed by atoms with Crippen LogP contribution in [0.2, 0.25) is 0 Å². The van der Waals surface area contributed by atoms with Crippen LogP contribution in [-0.2, 0) is 0 Å². The van der Waals surface area contributed by atoms with Crippen LogP contribution in [0.15, 0.2) is 42.7 Å². The molecule has 2 aromatic heterocycles. The summed E-state index contributed by atoms with van der Waals surface area (Å²) in [4.78, 5) is 16.6. The van der Waals surface area contributed by atoms with Crippen molar-refractivity contribution in [2.24, 2.45) is 0 Å². The minimum Gasteiger partial charge on any atom is -0.493 e. The first-order chi connectivity index (χ1) is 17.0. The number of benzene rings is 2. The summed E-state index contributed by atoms with van der Waals surface area (Å²) >= 11 is 0. The van der Waals surface area contributed by atoms with Crippen molar-refractivity contribution >= 4 is 21.8 Å². The topological polar surface area (TPSA) is 96.0 Å². The van der Waals surface area contributed by atoms with E-state index >= 15 is 0 Å². The van der Waals surface area contributed by atoms with Crippen LogP contribution in [-0.4, -0.2) is 89.5 Å². The molecular formula is C26H31N5O4. The smallest absolute Gasteiger partial charge is 0.230 e. The van der Waals surface area contributed by atoms with Crippen molar-refractivity contribution in [3.8, 4) is 23.1 Å². The summed E-state index contributed by atoms with van der Waals surface area (Å²) in [6.45, 7) is 6.68. The maximum absolute atomic E-state index is 10.5. The number of aryl methyl sites for hydroxylation is 1. The van der Waals surface area contributed by atoms with Crippen LogP contribution in [0.25, 0.3) is 21.8 Å². The summed E-state index contributed by atoms with van der Waals surface area (Å²) in [6, 6.07) is 11.5. The van der Waals surface area contributed by atoms with Crippen LogP contribution >= 0.6 is 0 Å². The number of methoxy groups -OCH3 is 1. The van der Waals surface area contributed by atoms with E-state index < -0.39 is 6.10 Å². The Morgan fingerprint density at radius 3 is 2.69 bits per heavy atom. The highest BCUT2D eigenvalue weighted by atomic mass is 16.5. The monoisotopic (exact) mass is 477 g/mol. The van der Waals surface area contributed by atoms with E-state index in [2.05, 4.69) is 37.9 Å². The van der Waals surface area contributed by atoms with Crippen molar-refractivity contribution in [3.63, 3.8) is 0 Å². The summed E-state index contributed by atoms with van der Waals surface area (Å²) in [7, 11) is 3.70. The SMILES string of the molecule is COc1cc2c(Oc3ccc4[nH]c(C)cc4c3)ncnc2cc1OCC(O)CN1CCN(C)CC1. The van der Waals surface area contributed by atoms with Gasteiger partial charge in [-0.1, -0.05) is 0 Å². The van der Waals surface area contributed by atoms with Gasteiger partial charge >= 0.3 is 0 Å². The first-order valence-corrected chi connectivity index (χ1v) is 11.8. The minimum atomic E-state index is -0.602. The standard InChI is InChI=1S/C26H31N5O4/c1-17-10-18-11-20(4-5-22(18)29-17)35-26-21-12-24(33-3)25(13-23(21)27-16-28-26)34-15-19(32)14-31-8-6-30(2)7-9-31/h4-5,10-13,16,19,29,32H,6-9,14-15H2,1-3H3. The molecule has 1 aliphatic heterocycles. The number of hydrogen-bond acceptors (Lipinski definition) is 8. The number of ether oxygens (including phenoxy) is 3. The van der Waals surface area contributed by atoms with E-state index in [1.807, 2.05) is 31.2 Å². The Kier molecular flexibility index (Phi) is 6.72. The van der Waals surface area contributed by atoms with Gasteiger partial charge in [-0.25, -0.2) is 9.97 Å². The van der Waals surface area contributed by atoms with Crippen molar-refractivity contribution in [3.05, 3.63) is 48.4 Å². The second-order valence-corrected chi connectivity index (χ2v) is 9.07. The number of aromatic nitrogens is 3. The van der Waals surface area contributed by atoms with Gasteiger partial charge in [0.05, 0.1) is 18.0 Å². The largest absolute Gasteiger partial charge is 0.493 e. The molecule has 5 rings (SSSR count). The van der Waals surface area contributed by atoms with E-state index in [0.29, 0.717) is 40.6 Å². The van der Waals surface area contributed by atoms with E-state index in [-0.39, 0.29) is 6.61 Å². The van der Waals surface area contributed by atoms with Gasteiger partial charge in [0, 0.05) is 55.4 Å². The fraction of sp³-hybridized carbons (Fsp3) is 0.385. The third-order valence-electron chi connectivity index (χ3n) is 6.32. The Labute approximate surface area is 204 Å². The molecule has 0 radical (unpaired) electrons. The van der Waals surface area contributed by atoms with Gasteiger partial charge in [-0.3, -0.25) is 4.90 Å². The van der Waals surface area contributed by atoms with E-state index in [9.17, 15) is 5.11 Å². The molecule has 1 saturated heterocycles. The molecule has 35 heavy (non-hydrogen) atoms. The molecule has 0 aliphatic carbocycles. The van der Waals surface area contributed by atoms with Gasteiger partial charge in [0.1, 0.15) is 24.8 Å². The fourth-order valence-corrected chi connectivity index (χ4v) is 4.39. The number of nitrogens with zero attached hydrogens (tertiary/aromatic N) is 4. The molecule has 0 spiro atoms. The molecular weight excluding hydrogens is 446 g/mol. The normalized spacial score (nSPS) is 16.0. The van der Waals surface area contributed by atoms with E-state index in [1.54, 1.807) is 13.2 Å². The lowest BCUT2D eigenvalue weighted by molar-refractivity contribution is 0.0498. The van der Waals surface area contributed by atoms with Crippen LogP contribution < -0.4 is 14.2 Å². The maximum Gasteiger partial charge on any atom is 0.230 e. The van der Waals surface area contributed by atoms with Gasteiger partial charge in [-0.05, 0) is 44.3 Å². The number of rotatable bonds is 8. The lowest BCUT2D eigenvalue weighted by Gasteiger charge is -2.33. The average molecular weight is 478 g/mol. The van der Waals surface area contributed by atoms with Crippen molar-refractivity contribution < 1.29 is 19.3 Å². The first kappa shape index (κ1) is 23.3. The quantitative estimate of drug-likeness (QED) is 0.400. The Bertz CT molecular complexity index is 1320. The molecule has 0 amide bonds. The highest BCUT2D eigenvalue weighted by Crippen LogP contribution is 2.36. The van der Waals surface area contributed by atoms with E-state index in [4.69, 9.17) is 14.2 Å². The maximum atomic E-state index is 10.5. The van der Waals surface area contributed by atoms with Gasteiger partial charge in [0.2, 0.25) is 5.88 Å². The van der Waals surface area contributed by atoms with Crippen molar-refractivity contribution in [2.75, 3.05) is 53.5 Å². The fourth-order valence-electron chi connectivity index (χ4n) is 4.39. The lowest BCUT2D eigenvalue weighted by atomic mass is 10.2. The van der Waals surface area contributed by atoms with Crippen LogP contribution in [0, 0.1) is 6.92 Å². The number of aliphatic hydroxyl groups is 1. The molecule has 2 N–H and O–H groups in total. The summed E-state index contributed by atoms with van der Waals surface area (Å²) in [6.07, 6.45) is 0.866. The number of H-pyrrole nitrogens is 1. The van der Waals surface area contributed by atoms with Gasteiger partial charge in [-0.15, -0.1) is 0 Å². The Balaban J connectivity index is 1.32. The van der Waals surface area contributed by atoms with E-state index in [0.717, 1.165) is 42.8 Å². The number of β-amino-alcohol motifs (C(OH)–C–C–N with tert-alkyl or cyclic N) is 1. The van der Waals surface area contributed by atoms with E-state index in [1.165, 1.54) is 6.33 Å². The predicted octanol–water partition coefficient (Wildman–Crippen LogP) is 3.21. The summed E-state index contributed by atoms with van der Waals surface area (Å²) in [5.41, 5.74) is 2.81. The highest BCUT2D eigenvalue weighted by Gasteiger charge is 2.19. The van der Waals surface area contributed by atoms with Crippen molar-refractivity contribution in [2.45, 2.75) is 13.0 Å². The highest BCUT2D eigenvalue weighted by molar-refractivity contribution is 5.87. The first-order valence-electron chi connectivity index (χ1n) is 11.8. The Morgan fingerprint density at radius 1 is 1.06 bits per heavy atom. The minimum absolute atomic E-state index is 0.165. The summed E-state index contributed by atoms with van der Waals surface area (Å²) < 4.78 is 17.7. The van der Waals surface area contributed by atoms with Gasteiger partial charge < -0.3 is 29.2 Å². The van der Waals surface area contributed by atoms with Crippen LogP contribution in [0.1, 0.15) is 5.69 Å². The molecule has 2 aromatic carbocycles. The molecule has 1 unspecified atom stereocenters. The number of fused-ring (bicyclic) bond motifs is 2. The molecule has 3 heterocycles. The molecule has 0 bridgehead atoms. The van der Waals surface area contributed by atoms with Gasteiger partial charge in [-0.2, -0.15) is 0 Å². The van der Waals surface area contributed by atoms with Crippen LogP contribution in [0.3, 0.4) is 0 Å². The number of nitrogens with one attached hydrogen (secondary N) is 1. The van der Waals surface area contributed by atoms with Crippen LogP contribution in [0.4, 0.5) is 0 Å². The Morgan fingerprint density at radius 2 is 1.89 bits per heavy atom. The summed E-state index contributed by atoms with van der Waals surface area (Å²) in [5.74, 6) is 2.16. The second kappa shape index (κ2) is 10.1. The second-order valence-electron chi connectivity index (χ2n) is 9.07. The molecule has 1 fully saturated rings. The molecule has 4 aromatic rings. The zero-order valence-corrected chi connectivity index (χ0v) is 20.3. The van der Waals surface area contributed by atoms with Gasteiger partial charge in [0.15, 0.2) is 11.5 Å². The Hall–Kier alpha value is -3.40. The predicted molar refractivity (Wildman–Crippen MR) is 135 cm³/mol. The van der Waals surface area contributed by atoms with Gasteiger partial charge in [0.25, 0.3) is 0 Å². The zero-order valence-electron chi connectivity index (χ0n) is 20.3. The third-order valence-corrected chi connectivity index (χ3v) is 6.32. The summed E-state index contributed by atoms with van der Waals surface area (Å²) in [5, 5.41) is 12.3. The third kappa shape index (κ3) is 5.32. The van der Waals surface area contributed by atoms with Crippen LogP contribution in [0.5, 0.6) is 23.1 Å². The average Bonchev–Trinajstić information content (AvgIpc) is 3.23. The number of piperazine rings is 1. The molecule has 184 valence electrons. The molecule has 0 saturated carbocycles. The molecule has 9 nitrogen and oxygen atoms in total. The zero-order chi connectivity index (χ0) is 24.4. The lowest BCUT2D eigenvalue weighted by Crippen LogP contribution is -2.47. The van der Waals surface area contributed by atoms with Crippen molar-refractivity contribution in [1.82, 2.24) is 24.8 Å². The van der Waals surface area contributed by atoms with Crippen molar-refractivity contribution in [1.29, 1.82) is 0 Å². The number of aliphatic hydroxyl groups excluding tert-OH is 1. The number of aromatic amines is 1. The molecule has 1 atom stereocenters. The molecule has 9 heteroatoms. The number of hydrogen-bond donors (Lipinski definition) is 2. The number of likely N-dealkylation sites (N-methyl/N-ethyl adjacent to an activating group) is 1. The molecule has 1 aliphatic rings.